The summed E-state index contributed by atoms with van der Waals surface area (Å²) in [6.45, 7) is 22.3. The molecule has 0 bridgehead atoms. The average Bonchev–Trinajstić information content (AvgIpc) is 3.69. The minimum Gasteiger partial charge on any atom is -0.414 e. The molecule has 51 heavy (non-hydrogen) atoms. The Morgan fingerprint density at radius 1 is 0.980 bits per heavy atom. The lowest BCUT2D eigenvalue weighted by molar-refractivity contribution is -0.181. The van der Waals surface area contributed by atoms with Crippen LogP contribution in [0, 0.1) is 0 Å². The third-order valence-electron chi connectivity index (χ3n) is 10.3. The summed E-state index contributed by atoms with van der Waals surface area (Å²) in [7, 11) is -4.39. The zero-order chi connectivity index (χ0) is 38.1. The van der Waals surface area contributed by atoms with Crippen molar-refractivity contribution in [2.45, 2.75) is 102 Å². The van der Waals surface area contributed by atoms with Crippen molar-refractivity contribution in [2.75, 3.05) is 23.4 Å². The van der Waals surface area contributed by atoms with Gasteiger partial charge in [0.25, 0.3) is 0 Å². The number of pyridine rings is 1. The number of nitrogens with one attached hydrogen (secondary N) is 1. The lowest BCUT2D eigenvalue weighted by Crippen LogP contribution is -2.46. The third-order valence-corrected chi connectivity index (χ3v) is 19.8. The van der Waals surface area contributed by atoms with Crippen LogP contribution < -0.4 is 10.2 Å². The summed E-state index contributed by atoms with van der Waals surface area (Å²) in [5, 5.41) is 15.7. The molecule has 5 rings (SSSR count). The zero-order valence-corrected chi connectivity index (χ0v) is 34.1. The highest BCUT2D eigenvalue weighted by Crippen LogP contribution is 2.50. The minimum absolute atomic E-state index is 0.00560. The van der Waals surface area contributed by atoms with Crippen LogP contribution in [-0.2, 0) is 14.3 Å². The standard InChI is InChI=1S/C32H44Cl2F3N9O3Si2/c1-29(2,3)50(8,9)48-17-23(49-51(10,11)30(4,5)6)21-15-40-46(42-21)27-20(33)12-19(14-39-27)41-28(47)44-18-31(7,32(35,36)37)26-22(44)16-38-25-13-24(34)43-45(25)26/h12-16,23H,17-18H2,1-11H3,(H,41,47)/t23?,31-/m1/s1. The first kappa shape index (κ1) is 39.1. The molecule has 278 valence electrons. The summed E-state index contributed by atoms with van der Waals surface area (Å²) in [4.78, 5) is 24.3. The summed E-state index contributed by atoms with van der Waals surface area (Å²) < 4.78 is 57.9. The molecule has 4 aromatic heterocycles. The Hall–Kier alpha value is -3.10. The molecule has 0 radical (unpaired) electrons. The predicted molar refractivity (Wildman–Crippen MR) is 196 cm³/mol. The van der Waals surface area contributed by atoms with Crippen LogP contribution in [0.4, 0.5) is 29.3 Å². The van der Waals surface area contributed by atoms with Crippen molar-refractivity contribution < 1.29 is 26.8 Å². The first-order chi connectivity index (χ1) is 23.3. The van der Waals surface area contributed by atoms with Crippen molar-refractivity contribution in [2.24, 2.45) is 0 Å². The first-order valence-electron chi connectivity index (χ1n) is 16.4. The van der Waals surface area contributed by atoms with E-state index in [0.29, 0.717) is 12.3 Å². The van der Waals surface area contributed by atoms with Crippen LogP contribution in [0.25, 0.3) is 11.5 Å². The summed E-state index contributed by atoms with van der Waals surface area (Å²) in [6, 6.07) is 1.92. The summed E-state index contributed by atoms with van der Waals surface area (Å²) in [6.07, 6.45) is -1.10. The Bertz CT molecular complexity index is 1960. The number of amides is 2. The molecule has 19 heteroatoms. The smallest absolute Gasteiger partial charge is 0.401 e. The second-order valence-corrected chi connectivity index (χ2v) is 26.5. The topological polar surface area (TPSA) is 125 Å². The van der Waals surface area contributed by atoms with Crippen LogP contribution >= 0.6 is 23.2 Å². The van der Waals surface area contributed by atoms with E-state index in [9.17, 15) is 18.0 Å². The number of hydrogen-bond donors (Lipinski definition) is 1. The van der Waals surface area contributed by atoms with Crippen molar-refractivity contribution in [3.63, 3.8) is 0 Å². The van der Waals surface area contributed by atoms with Crippen LogP contribution in [-0.4, -0.2) is 76.6 Å². The van der Waals surface area contributed by atoms with Crippen molar-refractivity contribution in [1.82, 2.24) is 34.6 Å². The van der Waals surface area contributed by atoms with Gasteiger partial charge in [-0.05, 0) is 49.3 Å². The molecule has 0 fully saturated rings. The van der Waals surface area contributed by atoms with E-state index in [1.54, 1.807) is 6.20 Å². The van der Waals surface area contributed by atoms with Crippen molar-refractivity contribution in [1.29, 1.82) is 0 Å². The number of halogens is 5. The lowest BCUT2D eigenvalue weighted by Gasteiger charge is -2.41. The van der Waals surface area contributed by atoms with Gasteiger partial charge in [-0.15, -0.1) is 9.90 Å². The van der Waals surface area contributed by atoms with Gasteiger partial charge in [0.05, 0.1) is 47.3 Å². The maximum Gasteiger partial charge on any atom is 0.401 e. The highest BCUT2D eigenvalue weighted by atomic mass is 35.5. The SMILES string of the molecule is CC(C)(C)[Si](C)(C)OCC(O[Si](C)(C)C(C)(C)C)c1cnn(-c2ncc(NC(=O)N3C[C@@](C)(C(F)(F)F)c4c3cnc3cc(Cl)nn43)cc2Cl)n1. The van der Waals surface area contributed by atoms with E-state index in [2.05, 4.69) is 98.3 Å². The lowest BCUT2D eigenvalue weighted by atomic mass is 9.88. The van der Waals surface area contributed by atoms with Crippen molar-refractivity contribution >= 4 is 62.9 Å². The number of nitrogens with zero attached hydrogens (tertiary/aromatic N) is 8. The number of fused-ring (bicyclic) bond motifs is 3. The second-order valence-electron chi connectivity index (χ2n) is 16.1. The fourth-order valence-electron chi connectivity index (χ4n) is 5.07. The quantitative estimate of drug-likeness (QED) is 0.176. The number of hydrogen-bond acceptors (Lipinski definition) is 8. The van der Waals surface area contributed by atoms with Gasteiger partial charge in [-0.25, -0.2) is 19.3 Å². The van der Waals surface area contributed by atoms with Crippen LogP contribution in [0.5, 0.6) is 0 Å². The Morgan fingerprint density at radius 3 is 2.22 bits per heavy atom. The van der Waals surface area contributed by atoms with E-state index < -0.39 is 46.9 Å². The largest absolute Gasteiger partial charge is 0.414 e. The van der Waals surface area contributed by atoms with E-state index in [4.69, 9.17) is 32.1 Å². The number of aromatic nitrogens is 7. The molecule has 0 saturated carbocycles. The van der Waals surface area contributed by atoms with Crippen molar-refractivity contribution in [3.05, 3.63) is 52.3 Å². The Balaban J connectivity index is 1.39. The first-order valence-corrected chi connectivity index (χ1v) is 22.9. The molecular formula is C32H44Cl2F3N9O3Si2. The van der Waals surface area contributed by atoms with Gasteiger partial charge in [0, 0.05) is 12.6 Å². The summed E-state index contributed by atoms with van der Waals surface area (Å²) >= 11 is 12.6. The van der Waals surface area contributed by atoms with E-state index in [-0.39, 0.29) is 48.8 Å². The molecule has 5 heterocycles. The molecule has 1 aliphatic rings. The monoisotopic (exact) mass is 785 g/mol. The van der Waals surface area contributed by atoms with E-state index in [1.165, 1.54) is 29.3 Å². The van der Waals surface area contributed by atoms with Crippen LogP contribution in [0.15, 0.2) is 30.7 Å². The van der Waals surface area contributed by atoms with Gasteiger partial charge in [0.2, 0.25) is 0 Å². The molecule has 1 unspecified atom stereocenters. The van der Waals surface area contributed by atoms with Gasteiger partial charge in [-0.1, -0.05) is 64.7 Å². The summed E-state index contributed by atoms with van der Waals surface area (Å²) in [5.74, 6) is 0.177. The Labute approximate surface area is 307 Å². The van der Waals surface area contributed by atoms with Gasteiger partial charge >= 0.3 is 12.2 Å². The zero-order valence-electron chi connectivity index (χ0n) is 30.6. The summed E-state index contributed by atoms with van der Waals surface area (Å²) in [5.41, 5.74) is -1.95. The number of alkyl halides is 3. The van der Waals surface area contributed by atoms with E-state index >= 15 is 0 Å². The molecule has 2 atom stereocenters. The maximum atomic E-state index is 14.5. The Morgan fingerprint density at radius 2 is 1.63 bits per heavy atom. The predicted octanol–water partition coefficient (Wildman–Crippen LogP) is 8.97. The van der Waals surface area contributed by atoms with Crippen LogP contribution in [0.3, 0.4) is 0 Å². The normalized spacial score (nSPS) is 18.0. The van der Waals surface area contributed by atoms with Gasteiger partial charge in [0.15, 0.2) is 33.3 Å². The average molecular weight is 787 g/mol. The number of urea groups is 1. The fraction of sp³-hybridized carbons (Fsp3) is 0.562. The maximum absolute atomic E-state index is 14.5. The van der Waals surface area contributed by atoms with Crippen LogP contribution in [0.2, 0.25) is 46.4 Å². The highest BCUT2D eigenvalue weighted by Gasteiger charge is 2.60. The van der Waals surface area contributed by atoms with Gasteiger partial charge in [-0.3, -0.25) is 4.90 Å². The van der Waals surface area contributed by atoms with Crippen LogP contribution in [0.1, 0.15) is 66.0 Å². The molecule has 1 aliphatic heterocycles. The number of anilines is 2. The van der Waals surface area contributed by atoms with Gasteiger partial charge < -0.3 is 14.2 Å². The van der Waals surface area contributed by atoms with Crippen molar-refractivity contribution in [3.8, 4) is 5.82 Å². The second kappa shape index (κ2) is 13.1. The third kappa shape index (κ3) is 7.42. The fourth-order valence-corrected chi connectivity index (χ4v) is 7.74. The molecule has 2 amide bonds. The molecular weight excluding hydrogens is 742 g/mol. The minimum atomic E-state index is -4.72. The molecule has 0 aromatic carbocycles. The van der Waals surface area contributed by atoms with Gasteiger partial charge in [0.1, 0.15) is 17.2 Å². The molecule has 12 nitrogen and oxygen atoms in total. The van der Waals surface area contributed by atoms with E-state index in [0.717, 1.165) is 16.3 Å². The Kier molecular flexibility index (Phi) is 10.0. The molecule has 0 saturated heterocycles. The number of carbonyl (C=O) groups is 1. The highest BCUT2D eigenvalue weighted by molar-refractivity contribution is 6.74. The van der Waals surface area contributed by atoms with Gasteiger partial charge in [-0.2, -0.15) is 23.4 Å². The molecule has 1 N–H and O–H groups in total. The molecule has 4 aromatic rings. The molecule has 0 aliphatic carbocycles. The van der Waals surface area contributed by atoms with E-state index in [1.807, 2.05) is 0 Å². The number of carbonyl (C=O) groups excluding carboxylic acids is 1. The molecule has 0 spiro atoms. The number of rotatable bonds is 8.